The number of benzene rings is 1. The molecular formula is C15H19Cl2N3. The van der Waals surface area contributed by atoms with Crippen molar-refractivity contribution in [3.63, 3.8) is 0 Å². The number of aromatic nitrogens is 2. The van der Waals surface area contributed by atoms with Gasteiger partial charge in [0.2, 0.25) is 0 Å². The first-order valence-corrected chi connectivity index (χ1v) is 7.51. The van der Waals surface area contributed by atoms with Crippen molar-refractivity contribution >= 4 is 23.2 Å². The molecule has 1 heterocycles. The molecule has 2 aromatic rings. The van der Waals surface area contributed by atoms with E-state index in [2.05, 4.69) is 17.3 Å². The Kier molecular flexibility index (Phi) is 5.46. The first-order valence-electron chi connectivity index (χ1n) is 6.76. The van der Waals surface area contributed by atoms with Gasteiger partial charge in [-0.2, -0.15) is 5.10 Å². The summed E-state index contributed by atoms with van der Waals surface area (Å²) in [5, 5.41) is 9.10. The average molecular weight is 312 g/mol. The van der Waals surface area contributed by atoms with Crippen LogP contribution in [-0.4, -0.2) is 16.3 Å². The lowest BCUT2D eigenvalue weighted by molar-refractivity contribution is 0.523. The van der Waals surface area contributed by atoms with Crippen LogP contribution in [0.1, 0.15) is 30.5 Å². The Morgan fingerprint density at radius 3 is 2.75 bits per heavy atom. The first-order chi connectivity index (χ1) is 9.60. The lowest BCUT2D eigenvalue weighted by Gasteiger charge is -2.18. The summed E-state index contributed by atoms with van der Waals surface area (Å²) in [6.07, 6.45) is 5.87. The van der Waals surface area contributed by atoms with Crippen molar-refractivity contribution in [3.8, 4) is 0 Å². The number of halogens is 2. The number of rotatable bonds is 6. The second kappa shape index (κ2) is 7.11. The highest BCUT2D eigenvalue weighted by Gasteiger charge is 2.12. The van der Waals surface area contributed by atoms with E-state index in [0.29, 0.717) is 5.02 Å². The van der Waals surface area contributed by atoms with Gasteiger partial charge in [-0.05, 0) is 42.6 Å². The molecule has 0 saturated carbocycles. The molecule has 0 aliphatic rings. The topological polar surface area (TPSA) is 29.9 Å². The number of hydrogen-bond acceptors (Lipinski definition) is 2. The van der Waals surface area contributed by atoms with Gasteiger partial charge in [-0.3, -0.25) is 4.68 Å². The molecule has 0 radical (unpaired) electrons. The van der Waals surface area contributed by atoms with Crippen molar-refractivity contribution < 1.29 is 0 Å². The minimum atomic E-state index is 0.247. The third kappa shape index (κ3) is 3.98. The van der Waals surface area contributed by atoms with Gasteiger partial charge in [0.1, 0.15) is 0 Å². The molecule has 0 amide bonds. The first kappa shape index (κ1) is 15.4. The number of hydrogen-bond donors (Lipinski definition) is 1. The van der Waals surface area contributed by atoms with Gasteiger partial charge in [-0.15, -0.1) is 0 Å². The van der Waals surface area contributed by atoms with E-state index >= 15 is 0 Å². The van der Waals surface area contributed by atoms with Crippen LogP contribution < -0.4 is 5.32 Å². The molecular weight excluding hydrogens is 293 g/mol. The van der Waals surface area contributed by atoms with Gasteiger partial charge in [-0.1, -0.05) is 36.2 Å². The highest BCUT2D eigenvalue weighted by atomic mass is 35.5. The third-order valence-electron chi connectivity index (χ3n) is 3.31. The Balaban J connectivity index is 1.95. The average Bonchev–Trinajstić information content (AvgIpc) is 2.81. The minimum absolute atomic E-state index is 0.247. The van der Waals surface area contributed by atoms with E-state index in [9.17, 15) is 0 Å². The zero-order valence-electron chi connectivity index (χ0n) is 11.7. The molecule has 0 bridgehead atoms. The Morgan fingerprint density at radius 1 is 1.35 bits per heavy atom. The molecule has 0 saturated heterocycles. The van der Waals surface area contributed by atoms with Gasteiger partial charge in [0.05, 0.1) is 6.20 Å². The molecule has 2 rings (SSSR count). The van der Waals surface area contributed by atoms with E-state index < -0.39 is 0 Å². The van der Waals surface area contributed by atoms with Gasteiger partial charge < -0.3 is 5.32 Å². The van der Waals surface area contributed by atoms with Gasteiger partial charge in [0, 0.05) is 29.3 Å². The van der Waals surface area contributed by atoms with Crippen LogP contribution in [0.2, 0.25) is 10.0 Å². The molecule has 5 heteroatoms. The smallest absolute Gasteiger partial charge is 0.0522 e. The zero-order valence-corrected chi connectivity index (χ0v) is 13.2. The molecule has 0 spiro atoms. The summed E-state index contributed by atoms with van der Waals surface area (Å²) in [6, 6.07) is 5.92. The number of nitrogens with zero attached hydrogens (tertiary/aromatic N) is 2. The normalized spacial score (nSPS) is 12.6. The summed E-state index contributed by atoms with van der Waals surface area (Å²) in [7, 11) is 1.93. The zero-order chi connectivity index (χ0) is 14.5. The van der Waals surface area contributed by atoms with E-state index in [1.165, 1.54) is 5.56 Å². The molecule has 20 heavy (non-hydrogen) atoms. The molecule has 1 atom stereocenters. The van der Waals surface area contributed by atoms with Crippen molar-refractivity contribution in [3.05, 3.63) is 51.8 Å². The molecule has 1 aromatic carbocycles. The number of nitrogens with one attached hydrogen (secondary N) is 1. The summed E-state index contributed by atoms with van der Waals surface area (Å²) in [4.78, 5) is 0. The predicted molar refractivity (Wildman–Crippen MR) is 84.4 cm³/mol. The standard InChI is InChI=1S/C15H19Cl2N3/c1-3-15(13-5-4-12(16)8-14(13)17)18-7-6-11-9-19-20(2)10-11/h4-5,8-10,15,18H,3,6-7H2,1-2H3. The Hall–Kier alpha value is -1.03. The third-order valence-corrected chi connectivity index (χ3v) is 3.87. The molecule has 3 nitrogen and oxygen atoms in total. The van der Waals surface area contributed by atoms with Crippen molar-refractivity contribution in [2.75, 3.05) is 6.54 Å². The van der Waals surface area contributed by atoms with E-state index in [1.807, 2.05) is 36.3 Å². The van der Waals surface area contributed by atoms with Gasteiger partial charge >= 0.3 is 0 Å². The maximum absolute atomic E-state index is 6.26. The molecule has 1 N–H and O–H groups in total. The summed E-state index contributed by atoms with van der Waals surface area (Å²) in [5.41, 5.74) is 2.34. The van der Waals surface area contributed by atoms with E-state index in [4.69, 9.17) is 23.2 Å². The van der Waals surface area contributed by atoms with Crippen LogP contribution in [0.15, 0.2) is 30.6 Å². The maximum Gasteiger partial charge on any atom is 0.0522 e. The fourth-order valence-electron chi connectivity index (χ4n) is 2.25. The van der Waals surface area contributed by atoms with Crippen molar-refractivity contribution in [1.82, 2.24) is 15.1 Å². The predicted octanol–water partition coefficient (Wildman–Crippen LogP) is 4.01. The second-order valence-electron chi connectivity index (χ2n) is 4.85. The fourth-order valence-corrected chi connectivity index (χ4v) is 2.79. The van der Waals surface area contributed by atoms with Crippen LogP contribution in [0.4, 0.5) is 0 Å². The van der Waals surface area contributed by atoms with Gasteiger partial charge in [-0.25, -0.2) is 0 Å². The molecule has 1 unspecified atom stereocenters. The van der Waals surface area contributed by atoms with Crippen LogP contribution >= 0.6 is 23.2 Å². The summed E-state index contributed by atoms with van der Waals surface area (Å²) in [6.45, 7) is 3.04. The van der Waals surface area contributed by atoms with Crippen LogP contribution in [0, 0.1) is 0 Å². The largest absolute Gasteiger partial charge is 0.310 e. The summed E-state index contributed by atoms with van der Waals surface area (Å²) < 4.78 is 1.82. The van der Waals surface area contributed by atoms with Crippen LogP contribution in [0.25, 0.3) is 0 Å². The summed E-state index contributed by atoms with van der Waals surface area (Å²) >= 11 is 12.2. The van der Waals surface area contributed by atoms with Crippen LogP contribution in [0.5, 0.6) is 0 Å². The SMILES string of the molecule is CCC(NCCc1cnn(C)c1)c1ccc(Cl)cc1Cl. The highest BCUT2D eigenvalue weighted by molar-refractivity contribution is 6.35. The fraction of sp³-hybridized carbons (Fsp3) is 0.400. The minimum Gasteiger partial charge on any atom is -0.310 e. The van der Waals surface area contributed by atoms with E-state index in [-0.39, 0.29) is 6.04 Å². The van der Waals surface area contributed by atoms with Gasteiger partial charge in [0.25, 0.3) is 0 Å². The molecule has 1 aromatic heterocycles. The monoisotopic (exact) mass is 311 g/mol. The number of aryl methyl sites for hydroxylation is 1. The van der Waals surface area contributed by atoms with Crippen LogP contribution in [-0.2, 0) is 13.5 Å². The molecule has 0 aliphatic carbocycles. The van der Waals surface area contributed by atoms with Gasteiger partial charge in [0.15, 0.2) is 0 Å². The Labute approximate surface area is 129 Å². The Morgan fingerprint density at radius 2 is 2.15 bits per heavy atom. The maximum atomic E-state index is 6.26. The van der Waals surface area contributed by atoms with E-state index in [0.717, 1.165) is 30.0 Å². The quantitative estimate of drug-likeness (QED) is 0.873. The van der Waals surface area contributed by atoms with Crippen molar-refractivity contribution in [2.24, 2.45) is 7.05 Å². The van der Waals surface area contributed by atoms with Crippen molar-refractivity contribution in [1.29, 1.82) is 0 Å². The highest BCUT2D eigenvalue weighted by Crippen LogP contribution is 2.27. The molecule has 0 fully saturated rings. The lowest BCUT2D eigenvalue weighted by atomic mass is 10.0. The molecule has 0 aliphatic heterocycles. The summed E-state index contributed by atoms with van der Waals surface area (Å²) in [5.74, 6) is 0. The Bertz CT molecular complexity index is 566. The lowest BCUT2D eigenvalue weighted by Crippen LogP contribution is -2.23. The molecule has 108 valence electrons. The second-order valence-corrected chi connectivity index (χ2v) is 5.70. The van der Waals surface area contributed by atoms with Crippen molar-refractivity contribution in [2.45, 2.75) is 25.8 Å². The van der Waals surface area contributed by atoms with E-state index in [1.54, 1.807) is 6.07 Å². The van der Waals surface area contributed by atoms with Crippen LogP contribution in [0.3, 0.4) is 0 Å².